The van der Waals surface area contributed by atoms with Gasteiger partial charge in [-0.2, -0.15) is 0 Å². The van der Waals surface area contributed by atoms with E-state index >= 15 is 0 Å². The van der Waals surface area contributed by atoms with Gasteiger partial charge < -0.3 is 9.97 Å². The Hall–Kier alpha value is -1.84. The van der Waals surface area contributed by atoms with Crippen molar-refractivity contribution in [3.63, 3.8) is 0 Å². The van der Waals surface area contributed by atoms with Crippen molar-refractivity contribution in [3.05, 3.63) is 34.2 Å². The molecule has 0 aliphatic heterocycles. The number of benzene rings is 1. The zero-order valence-electron chi connectivity index (χ0n) is 9.88. The minimum Gasteiger partial charge on any atom is -0.306 e. The van der Waals surface area contributed by atoms with Gasteiger partial charge in [0.25, 0.3) is 0 Å². The zero-order valence-corrected chi connectivity index (χ0v) is 9.88. The van der Waals surface area contributed by atoms with Gasteiger partial charge in [-0.05, 0) is 24.6 Å². The Kier molecular flexibility index (Phi) is 3.42. The van der Waals surface area contributed by atoms with Crippen LogP contribution in [-0.4, -0.2) is 15.8 Å². The highest BCUT2D eigenvalue weighted by atomic mass is 16.1. The average molecular weight is 232 g/mol. The Labute approximate surface area is 99.1 Å². The molecule has 0 aliphatic carbocycles. The Morgan fingerprint density at radius 1 is 1.18 bits per heavy atom. The minimum atomic E-state index is -0.240. The van der Waals surface area contributed by atoms with E-state index in [9.17, 15) is 9.59 Å². The highest BCUT2D eigenvalue weighted by Gasteiger charge is 2.07. The summed E-state index contributed by atoms with van der Waals surface area (Å²) < 4.78 is 0. The van der Waals surface area contributed by atoms with E-state index < -0.39 is 0 Å². The van der Waals surface area contributed by atoms with Crippen LogP contribution < -0.4 is 5.69 Å². The normalized spacial score (nSPS) is 10.9. The number of rotatable bonds is 5. The molecule has 2 rings (SSSR count). The van der Waals surface area contributed by atoms with Crippen LogP contribution in [0, 0.1) is 0 Å². The molecule has 2 aromatic rings. The van der Waals surface area contributed by atoms with Crippen molar-refractivity contribution in [1.29, 1.82) is 0 Å². The number of nitrogens with one attached hydrogen (secondary N) is 2. The first-order valence-corrected chi connectivity index (χ1v) is 5.96. The van der Waals surface area contributed by atoms with Gasteiger partial charge in [-0.3, -0.25) is 4.79 Å². The second-order valence-electron chi connectivity index (χ2n) is 4.22. The molecule has 0 unspecified atom stereocenters. The van der Waals surface area contributed by atoms with Crippen LogP contribution in [0.25, 0.3) is 11.0 Å². The zero-order chi connectivity index (χ0) is 12.3. The van der Waals surface area contributed by atoms with Gasteiger partial charge in [0.05, 0.1) is 11.0 Å². The van der Waals surface area contributed by atoms with Crippen LogP contribution in [0.15, 0.2) is 23.0 Å². The van der Waals surface area contributed by atoms with E-state index in [0.717, 1.165) is 24.8 Å². The van der Waals surface area contributed by atoms with Crippen LogP contribution in [0.1, 0.15) is 43.0 Å². The number of hydrogen-bond donors (Lipinski definition) is 2. The third kappa shape index (κ3) is 2.64. The maximum Gasteiger partial charge on any atom is 0.323 e. The van der Waals surface area contributed by atoms with Crippen molar-refractivity contribution in [2.24, 2.45) is 0 Å². The third-order valence-corrected chi connectivity index (χ3v) is 2.85. The summed E-state index contributed by atoms with van der Waals surface area (Å²) in [4.78, 5) is 28.3. The van der Waals surface area contributed by atoms with E-state index in [1.165, 1.54) is 0 Å². The quantitative estimate of drug-likeness (QED) is 0.614. The van der Waals surface area contributed by atoms with Gasteiger partial charge in [0.2, 0.25) is 0 Å². The predicted octanol–water partition coefficient (Wildman–Crippen LogP) is 2.62. The van der Waals surface area contributed by atoms with Gasteiger partial charge in [0.15, 0.2) is 5.78 Å². The summed E-state index contributed by atoms with van der Waals surface area (Å²) in [6.07, 6.45) is 3.69. The highest BCUT2D eigenvalue weighted by molar-refractivity contribution is 5.98. The average Bonchev–Trinajstić information content (AvgIpc) is 2.68. The summed E-state index contributed by atoms with van der Waals surface area (Å²) in [7, 11) is 0. The lowest BCUT2D eigenvalue weighted by Gasteiger charge is -2.00. The molecule has 0 radical (unpaired) electrons. The molecular weight excluding hydrogens is 216 g/mol. The van der Waals surface area contributed by atoms with Crippen LogP contribution >= 0.6 is 0 Å². The van der Waals surface area contributed by atoms with Crippen LogP contribution in [0.3, 0.4) is 0 Å². The number of aromatic amines is 2. The minimum absolute atomic E-state index is 0.141. The van der Waals surface area contributed by atoms with Crippen molar-refractivity contribution in [1.82, 2.24) is 9.97 Å². The molecule has 0 spiro atoms. The molecule has 2 N–H and O–H groups in total. The van der Waals surface area contributed by atoms with Crippen LogP contribution in [-0.2, 0) is 0 Å². The maximum atomic E-state index is 11.9. The predicted molar refractivity (Wildman–Crippen MR) is 67.4 cm³/mol. The Morgan fingerprint density at radius 2 is 1.94 bits per heavy atom. The van der Waals surface area contributed by atoms with Crippen LogP contribution in [0.5, 0.6) is 0 Å². The summed E-state index contributed by atoms with van der Waals surface area (Å²) in [5, 5.41) is 0. The van der Waals surface area contributed by atoms with E-state index in [1.54, 1.807) is 18.2 Å². The Bertz CT molecular complexity index is 580. The van der Waals surface area contributed by atoms with Gasteiger partial charge in [0, 0.05) is 12.0 Å². The lowest BCUT2D eigenvalue weighted by atomic mass is 10.0. The van der Waals surface area contributed by atoms with Crippen molar-refractivity contribution in [2.45, 2.75) is 32.6 Å². The maximum absolute atomic E-state index is 11.9. The van der Waals surface area contributed by atoms with Gasteiger partial charge in [-0.15, -0.1) is 0 Å². The van der Waals surface area contributed by atoms with Gasteiger partial charge in [0.1, 0.15) is 0 Å². The molecule has 90 valence electrons. The molecule has 1 aromatic carbocycles. The molecule has 0 atom stereocenters. The molecule has 4 nitrogen and oxygen atoms in total. The summed E-state index contributed by atoms with van der Waals surface area (Å²) in [5.41, 5.74) is 1.86. The first-order valence-electron chi connectivity index (χ1n) is 5.96. The fourth-order valence-electron chi connectivity index (χ4n) is 1.89. The second-order valence-corrected chi connectivity index (χ2v) is 4.22. The van der Waals surface area contributed by atoms with Crippen molar-refractivity contribution < 1.29 is 4.79 Å². The summed E-state index contributed by atoms with van der Waals surface area (Å²) in [5.74, 6) is 0.141. The van der Waals surface area contributed by atoms with Gasteiger partial charge in [-0.1, -0.05) is 19.8 Å². The highest BCUT2D eigenvalue weighted by Crippen LogP contribution is 2.13. The van der Waals surface area contributed by atoms with Gasteiger partial charge >= 0.3 is 5.69 Å². The largest absolute Gasteiger partial charge is 0.323 e. The SMILES string of the molecule is CCCCCC(=O)c1ccc2[nH]c(=O)[nH]c2c1. The number of carbonyl (C=O) groups is 1. The molecule has 0 fully saturated rings. The number of H-pyrrole nitrogens is 2. The number of aromatic nitrogens is 2. The van der Waals surface area contributed by atoms with E-state index in [1.807, 2.05) is 0 Å². The molecule has 4 heteroatoms. The Balaban J connectivity index is 2.17. The van der Waals surface area contributed by atoms with E-state index in [2.05, 4.69) is 16.9 Å². The third-order valence-electron chi connectivity index (χ3n) is 2.85. The first-order chi connectivity index (χ1) is 8.20. The molecule has 0 aliphatic rings. The fourth-order valence-corrected chi connectivity index (χ4v) is 1.89. The number of fused-ring (bicyclic) bond motifs is 1. The van der Waals surface area contributed by atoms with Crippen LogP contribution in [0.4, 0.5) is 0 Å². The number of ketones is 1. The monoisotopic (exact) mass is 232 g/mol. The van der Waals surface area contributed by atoms with E-state index in [0.29, 0.717) is 17.5 Å². The first kappa shape index (κ1) is 11.6. The summed E-state index contributed by atoms with van der Waals surface area (Å²) in [6, 6.07) is 5.27. The summed E-state index contributed by atoms with van der Waals surface area (Å²) >= 11 is 0. The van der Waals surface area contributed by atoms with Gasteiger partial charge in [-0.25, -0.2) is 4.79 Å². The summed E-state index contributed by atoms with van der Waals surface area (Å²) in [6.45, 7) is 2.11. The molecule has 0 saturated carbocycles. The Morgan fingerprint density at radius 3 is 2.71 bits per heavy atom. The van der Waals surface area contributed by atoms with Crippen LogP contribution in [0.2, 0.25) is 0 Å². The molecule has 1 aromatic heterocycles. The van der Waals surface area contributed by atoms with E-state index in [4.69, 9.17) is 0 Å². The fraction of sp³-hybridized carbons (Fsp3) is 0.385. The van der Waals surface area contributed by atoms with Crippen molar-refractivity contribution in [3.8, 4) is 0 Å². The molecule has 0 amide bonds. The van der Waals surface area contributed by atoms with Crippen molar-refractivity contribution >= 4 is 16.8 Å². The number of unbranched alkanes of at least 4 members (excludes halogenated alkanes) is 2. The number of Topliss-reactive ketones (excluding diaryl/α,β-unsaturated/α-hetero) is 1. The van der Waals surface area contributed by atoms with Crippen molar-refractivity contribution in [2.75, 3.05) is 0 Å². The number of imidazole rings is 1. The number of carbonyl (C=O) groups excluding carboxylic acids is 1. The topological polar surface area (TPSA) is 65.7 Å². The smallest absolute Gasteiger partial charge is 0.306 e. The molecule has 1 heterocycles. The molecular formula is C13H16N2O2. The lowest BCUT2D eigenvalue weighted by molar-refractivity contribution is 0.0979. The number of hydrogen-bond acceptors (Lipinski definition) is 2. The van der Waals surface area contributed by atoms with E-state index in [-0.39, 0.29) is 11.5 Å². The standard InChI is InChI=1S/C13H16N2O2/c1-2-3-4-5-12(16)9-6-7-10-11(8-9)15-13(17)14-10/h6-8H,2-5H2,1H3,(H2,14,15,17). The second kappa shape index (κ2) is 4.99. The molecule has 0 saturated heterocycles. The molecule has 0 bridgehead atoms. The molecule has 17 heavy (non-hydrogen) atoms. The lowest BCUT2D eigenvalue weighted by Crippen LogP contribution is -1.99.